The standard InChI is InChI=1S/C32H34N2O2/c1-3-22(2)31(33)20-34(19-24-13-10-12-23-11-4-5-14-25(23)24)32(35)36-21-30-28-17-8-6-15-26(28)27-16-7-9-18-29(27)30/h4-18,22,30-31H,3,19-21,33H2,1-2H3/t22-,31+/m0/s1. The number of ether oxygens (including phenoxy) is 1. The van der Waals surface area contributed by atoms with Crippen molar-refractivity contribution in [3.63, 3.8) is 0 Å². The molecule has 5 rings (SSSR count). The van der Waals surface area contributed by atoms with Crippen LogP contribution in [0.15, 0.2) is 91.0 Å². The highest BCUT2D eigenvalue weighted by molar-refractivity contribution is 5.86. The van der Waals surface area contributed by atoms with Crippen molar-refractivity contribution in [2.45, 2.75) is 38.8 Å². The van der Waals surface area contributed by atoms with Gasteiger partial charge in [0.05, 0.1) is 0 Å². The molecule has 1 aliphatic carbocycles. The van der Waals surface area contributed by atoms with Crippen molar-refractivity contribution in [2.75, 3.05) is 13.2 Å². The molecule has 0 aromatic heterocycles. The predicted molar refractivity (Wildman–Crippen MR) is 147 cm³/mol. The van der Waals surface area contributed by atoms with Crippen LogP contribution in [0.5, 0.6) is 0 Å². The minimum atomic E-state index is -0.316. The van der Waals surface area contributed by atoms with Crippen LogP contribution >= 0.6 is 0 Å². The summed E-state index contributed by atoms with van der Waals surface area (Å²) in [5, 5.41) is 2.31. The van der Waals surface area contributed by atoms with Crippen molar-refractivity contribution in [1.82, 2.24) is 4.90 Å². The van der Waals surface area contributed by atoms with Crippen LogP contribution in [0.2, 0.25) is 0 Å². The number of hydrogen-bond donors (Lipinski definition) is 1. The topological polar surface area (TPSA) is 55.6 Å². The molecular formula is C32H34N2O2. The average Bonchev–Trinajstić information content (AvgIpc) is 3.24. The minimum Gasteiger partial charge on any atom is -0.448 e. The zero-order chi connectivity index (χ0) is 25.1. The monoisotopic (exact) mass is 478 g/mol. The van der Waals surface area contributed by atoms with Gasteiger partial charge in [-0.05, 0) is 44.5 Å². The Morgan fingerprint density at radius 1 is 0.889 bits per heavy atom. The lowest BCUT2D eigenvalue weighted by atomic mass is 9.98. The van der Waals surface area contributed by atoms with Gasteiger partial charge in [-0.3, -0.25) is 0 Å². The molecule has 0 heterocycles. The maximum Gasteiger partial charge on any atom is 0.410 e. The van der Waals surface area contributed by atoms with Gasteiger partial charge in [0.15, 0.2) is 0 Å². The SMILES string of the molecule is CC[C@H](C)[C@H](N)CN(Cc1cccc2ccccc12)C(=O)OCC1c2ccccc2-c2ccccc21. The Labute approximate surface area is 213 Å². The van der Waals surface area contributed by atoms with Crippen LogP contribution in [0.3, 0.4) is 0 Å². The molecule has 4 aromatic carbocycles. The predicted octanol–water partition coefficient (Wildman–Crippen LogP) is 6.96. The van der Waals surface area contributed by atoms with Gasteiger partial charge < -0.3 is 15.4 Å². The molecule has 0 saturated heterocycles. The molecule has 0 bridgehead atoms. The molecule has 0 saturated carbocycles. The van der Waals surface area contributed by atoms with Crippen LogP contribution in [0.4, 0.5) is 4.79 Å². The molecule has 0 fully saturated rings. The second-order valence-electron chi connectivity index (χ2n) is 9.87. The fourth-order valence-electron chi connectivity index (χ4n) is 5.26. The van der Waals surface area contributed by atoms with Crippen LogP contribution in [0.25, 0.3) is 21.9 Å². The summed E-state index contributed by atoms with van der Waals surface area (Å²) >= 11 is 0. The average molecular weight is 479 g/mol. The third kappa shape index (κ3) is 4.74. The molecule has 4 aromatic rings. The van der Waals surface area contributed by atoms with E-state index in [2.05, 4.69) is 86.6 Å². The lowest BCUT2D eigenvalue weighted by molar-refractivity contribution is 0.0925. The van der Waals surface area contributed by atoms with Crippen LogP contribution in [-0.4, -0.2) is 30.2 Å². The molecular weight excluding hydrogens is 444 g/mol. The molecule has 2 atom stereocenters. The molecule has 4 nitrogen and oxygen atoms in total. The first-order chi connectivity index (χ1) is 17.6. The molecule has 2 N–H and O–H groups in total. The zero-order valence-electron chi connectivity index (χ0n) is 21.1. The van der Waals surface area contributed by atoms with Crippen molar-refractivity contribution >= 4 is 16.9 Å². The van der Waals surface area contributed by atoms with Gasteiger partial charge in [-0.15, -0.1) is 0 Å². The maximum atomic E-state index is 13.6. The number of amides is 1. The quantitative estimate of drug-likeness (QED) is 0.298. The van der Waals surface area contributed by atoms with Gasteiger partial charge in [-0.2, -0.15) is 0 Å². The maximum absolute atomic E-state index is 13.6. The normalized spacial score (nSPS) is 14.2. The number of benzene rings is 4. The molecule has 0 spiro atoms. The summed E-state index contributed by atoms with van der Waals surface area (Å²) in [5.41, 5.74) is 12.5. The van der Waals surface area contributed by atoms with E-state index in [1.807, 2.05) is 18.2 Å². The Bertz CT molecular complexity index is 1310. The number of nitrogens with zero attached hydrogens (tertiary/aromatic N) is 1. The number of rotatable bonds is 8. The summed E-state index contributed by atoms with van der Waals surface area (Å²) in [4.78, 5) is 15.3. The first kappa shape index (κ1) is 24.1. The molecule has 1 aliphatic rings. The largest absolute Gasteiger partial charge is 0.448 e. The Balaban J connectivity index is 1.38. The van der Waals surface area contributed by atoms with E-state index in [9.17, 15) is 4.79 Å². The van der Waals surface area contributed by atoms with Crippen molar-refractivity contribution in [3.8, 4) is 11.1 Å². The number of fused-ring (bicyclic) bond motifs is 4. The van der Waals surface area contributed by atoms with Crippen molar-refractivity contribution in [3.05, 3.63) is 108 Å². The number of hydrogen-bond acceptors (Lipinski definition) is 3. The smallest absolute Gasteiger partial charge is 0.410 e. The van der Waals surface area contributed by atoms with Crippen LogP contribution < -0.4 is 5.73 Å². The Hall–Kier alpha value is -3.63. The van der Waals surface area contributed by atoms with Crippen LogP contribution in [0, 0.1) is 5.92 Å². The van der Waals surface area contributed by atoms with Gasteiger partial charge in [0, 0.05) is 25.0 Å². The van der Waals surface area contributed by atoms with E-state index in [1.54, 1.807) is 4.90 Å². The van der Waals surface area contributed by atoms with E-state index in [0.717, 1.165) is 22.8 Å². The highest BCUT2D eigenvalue weighted by Gasteiger charge is 2.30. The summed E-state index contributed by atoms with van der Waals surface area (Å²) in [6.07, 6.45) is 0.650. The second-order valence-corrected chi connectivity index (χ2v) is 9.87. The number of nitrogens with two attached hydrogens (primary N) is 1. The summed E-state index contributed by atoms with van der Waals surface area (Å²) < 4.78 is 6.03. The first-order valence-electron chi connectivity index (χ1n) is 12.9. The molecule has 1 amide bonds. The molecule has 4 heteroatoms. The van der Waals surface area contributed by atoms with Gasteiger partial charge in [0.25, 0.3) is 0 Å². The summed E-state index contributed by atoms with van der Waals surface area (Å²) in [5.74, 6) is 0.338. The Morgan fingerprint density at radius 2 is 1.50 bits per heavy atom. The van der Waals surface area contributed by atoms with Gasteiger partial charge in [-0.1, -0.05) is 111 Å². The van der Waals surface area contributed by atoms with Gasteiger partial charge in [0.1, 0.15) is 6.61 Å². The summed E-state index contributed by atoms with van der Waals surface area (Å²) in [7, 11) is 0. The zero-order valence-corrected chi connectivity index (χ0v) is 21.1. The number of carbonyl (C=O) groups excluding carboxylic acids is 1. The van der Waals surface area contributed by atoms with Crippen molar-refractivity contribution in [2.24, 2.45) is 11.7 Å². The summed E-state index contributed by atoms with van der Waals surface area (Å²) in [6.45, 7) is 5.49. The van der Waals surface area contributed by atoms with E-state index in [0.29, 0.717) is 25.6 Å². The van der Waals surface area contributed by atoms with E-state index >= 15 is 0 Å². The fraction of sp³-hybridized carbons (Fsp3) is 0.281. The van der Waals surface area contributed by atoms with E-state index in [-0.39, 0.29) is 18.1 Å². The molecule has 36 heavy (non-hydrogen) atoms. The van der Waals surface area contributed by atoms with Crippen molar-refractivity contribution < 1.29 is 9.53 Å². The van der Waals surface area contributed by atoms with Gasteiger partial charge >= 0.3 is 6.09 Å². The highest BCUT2D eigenvalue weighted by Crippen LogP contribution is 2.44. The van der Waals surface area contributed by atoms with E-state index in [1.165, 1.54) is 22.3 Å². The molecule has 0 radical (unpaired) electrons. The molecule has 0 aliphatic heterocycles. The lowest BCUT2D eigenvalue weighted by Gasteiger charge is -2.29. The lowest BCUT2D eigenvalue weighted by Crippen LogP contribution is -2.44. The summed E-state index contributed by atoms with van der Waals surface area (Å²) in [6, 6.07) is 31.2. The fourth-order valence-corrected chi connectivity index (χ4v) is 5.26. The molecule has 0 unspecified atom stereocenters. The van der Waals surface area contributed by atoms with E-state index < -0.39 is 0 Å². The third-order valence-electron chi connectivity index (χ3n) is 7.64. The Morgan fingerprint density at radius 3 is 2.19 bits per heavy atom. The first-order valence-corrected chi connectivity index (χ1v) is 12.9. The third-order valence-corrected chi connectivity index (χ3v) is 7.64. The van der Waals surface area contributed by atoms with Crippen molar-refractivity contribution in [1.29, 1.82) is 0 Å². The highest BCUT2D eigenvalue weighted by atomic mass is 16.6. The van der Waals surface area contributed by atoms with Gasteiger partial charge in [0.2, 0.25) is 0 Å². The minimum absolute atomic E-state index is 0.0315. The second kappa shape index (κ2) is 10.5. The van der Waals surface area contributed by atoms with Gasteiger partial charge in [-0.25, -0.2) is 4.79 Å². The van der Waals surface area contributed by atoms with Crippen LogP contribution in [-0.2, 0) is 11.3 Å². The molecule has 184 valence electrons. The number of carbonyl (C=O) groups is 1. The van der Waals surface area contributed by atoms with Crippen LogP contribution in [0.1, 0.15) is 42.9 Å². The Kier molecular flexibility index (Phi) is 7.06. The van der Waals surface area contributed by atoms with E-state index in [4.69, 9.17) is 10.5 Å².